The van der Waals surface area contributed by atoms with Crippen LogP contribution in [-0.2, 0) is 9.59 Å². The number of amides is 1. The molecule has 0 spiro atoms. The van der Waals surface area contributed by atoms with Crippen LogP contribution in [0.25, 0.3) is 0 Å². The Hall–Kier alpha value is -1.14. The molecule has 0 aromatic rings. The van der Waals surface area contributed by atoms with E-state index in [9.17, 15) is 14.7 Å². The van der Waals surface area contributed by atoms with E-state index < -0.39 is 11.6 Å². The van der Waals surface area contributed by atoms with Gasteiger partial charge in [0, 0.05) is 33.6 Å². The Balaban J connectivity index is 3.72. The molecule has 0 aliphatic rings. The first kappa shape index (κ1) is 13.9. The first-order valence-electron chi connectivity index (χ1n) is 4.64. The van der Waals surface area contributed by atoms with E-state index in [1.165, 1.54) is 11.8 Å². The summed E-state index contributed by atoms with van der Waals surface area (Å²) in [6.07, 6.45) is 0.280. The SMILES string of the molecule is CN(C)C(=O)CCNCC(C)(O)C(=O)O. The van der Waals surface area contributed by atoms with Crippen LogP contribution < -0.4 is 5.32 Å². The second-order valence-corrected chi connectivity index (χ2v) is 3.79. The van der Waals surface area contributed by atoms with E-state index in [0.717, 1.165) is 0 Å². The summed E-state index contributed by atoms with van der Waals surface area (Å²) in [4.78, 5) is 23.1. The van der Waals surface area contributed by atoms with Crippen LogP contribution in [0.1, 0.15) is 13.3 Å². The molecule has 0 saturated carbocycles. The Kier molecular flexibility index (Phi) is 5.24. The van der Waals surface area contributed by atoms with E-state index in [2.05, 4.69) is 5.32 Å². The van der Waals surface area contributed by atoms with Crippen LogP contribution in [0.2, 0.25) is 0 Å². The van der Waals surface area contributed by atoms with Crippen molar-refractivity contribution in [3.63, 3.8) is 0 Å². The summed E-state index contributed by atoms with van der Waals surface area (Å²) in [6.45, 7) is 1.47. The standard InChI is InChI=1S/C9H18N2O4/c1-9(15,8(13)14)6-10-5-4-7(12)11(2)3/h10,15H,4-6H2,1-3H3,(H,13,14). The quantitative estimate of drug-likeness (QED) is 0.492. The van der Waals surface area contributed by atoms with Gasteiger partial charge in [-0.05, 0) is 6.92 Å². The molecular formula is C9H18N2O4. The number of aliphatic hydroxyl groups is 1. The molecule has 1 unspecified atom stereocenters. The van der Waals surface area contributed by atoms with E-state index in [1.54, 1.807) is 14.1 Å². The van der Waals surface area contributed by atoms with Gasteiger partial charge in [0.1, 0.15) is 0 Å². The van der Waals surface area contributed by atoms with E-state index in [4.69, 9.17) is 5.11 Å². The second kappa shape index (κ2) is 5.67. The van der Waals surface area contributed by atoms with Crippen molar-refractivity contribution in [2.75, 3.05) is 27.2 Å². The maximum absolute atomic E-state index is 11.1. The fourth-order valence-corrected chi connectivity index (χ4v) is 0.826. The van der Waals surface area contributed by atoms with Crippen molar-refractivity contribution >= 4 is 11.9 Å². The Labute approximate surface area is 88.9 Å². The maximum atomic E-state index is 11.1. The minimum Gasteiger partial charge on any atom is -0.479 e. The number of aliphatic carboxylic acids is 1. The predicted octanol–water partition coefficient (Wildman–Crippen LogP) is -1.11. The average molecular weight is 218 g/mol. The van der Waals surface area contributed by atoms with Crippen molar-refractivity contribution in [1.82, 2.24) is 10.2 Å². The molecule has 0 heterocycles. The Morgan fingerprint density at radius 2 is 1.93 bits per heavy atom. The summed E-state index contributed by atoms with van der Waals surface area (Å²) < 4.78 is 0. The summed E-state index contributed by atoms with van der Waals surface area (Å²) in [5, 5.41) is 20.6. The molecule has 3 N–H and O–H groups in total. The van der Waals surface area contributed by atoms with E-state index >= 15 is 0 Å². The molecule has 0 radical (unpaired) electrons. The third kappa shape index (κ3) is 5.34. The van der Waals surface area contributed by atoms with Crippen LogP contribution in [-0.4, -0.2) is 59.8 Å². The molecule has 0 rings (SSSR count). The molecule has 0 bridgehead atoms. The number of carboxylic acid groups (broad SMARTS) is 1. The fraction of sp³-hybridized carbons (Fsp3) is 0.778. The van der Waals surface area contributed by atoms with Crippen molar-refractivity contribution in [2.45, 2.75) is 18.9 Å². The smallest absolute Gasteiger partial charge is 0.336 e. The molecular weight excluding hydrogens is 200 g/mol. The van der Waals surface area contributed by atoms with E-state index in [1.807, 2.05) is 0 Å². The predicted molar refractivity (Wildman–Crippen MR) is 54.4 cm³/mol. The van der Waals surface area contributed by atoms with Gasteiger partial charge in [0.05, 0.1) is 0 Å². The normalized spacial score (nSPS) is 14.4. The highest BCUT2D eigenvalue weighted by atomic mass is 16.4. The molecule has 88 valence electrons. The highest BCUT2D eigenvalue weighted by molar-refractivity contribution is 5.77. The first-order chi connectivity index (χ1) is 6.77. The summed E-state index contributed by atoms with van der Waals surface area (Å²) in [5.74, 6) is -1.33. The highest BCUT2D eigenvalue weighted by Gasteiger charge is 2.28. The van der Waals surface area contributed by atoms with Gasteiger partial charge in [-0.25, -0.2) is 4.79 Å². The van der Waals surface area contributed by atoms with Gasteiger partial charge in [-0.1, -0.05) is 0 Å². The second-order valence-electron chi connectivity index (χ2n) is 3.79. The van der Waals surface area contributed by atoms with Gasteiger partial charge in [0.2, 0.25) is 5.91 Å². The minimum atomic E-state index is -1.79. The third-order valence-corrected chi connectivity index (χ3v) is 1.94. The van der Waals surface area contributed by atoms with Gasteiger partial charge in [-0.2, -0.15) is 0 Å². The summed E-state index contributed by atoms with van der Waals surface area (Å²) in [7, 11) is 3.30. The van der Waals surface area contributed by atoms with Crippen molar-refractivity contribution in [1.29, 1.82) is 0 Å². The lowest BCUT2D eigenvalue weighted by atomic mass is 10.1. The van der Waals surface area contributed by atoms with Crippen LogP contribution in [0.15, 0.2) is 0 Å². The molecule has 6 heteroatoms. The molecule has 6 nitrogen and oxygen atoms in total. The molecule has 0 fully saturated rings. The number of carboxylic acids is 1. The van der Waals surface area contributed by atoms with Crippen molar-refractivity contribution in [3.05, 3.63) is 0 Å². The number of carbonyl (C=O) groups excluding carboxylic acids is 1. The number of hydrogen-bond donors (Lipinski definition) is 3. The summed E-state index contributed by atoms with van der Waals surface area (Å²) in [6, 6.07) is 0. The van der Waals surface area contributed by atoms with Crippen LogP contribution in [0.4, 0.5) is 0 Å². The Morgan fingerprint density at radius 1 is 1.40 bits per heavy atom. The fourth-order valence-electron chi connectivity index (χ4n) is 0.826. The van der Waals surface area contributed by atoms with Gasteiger partial charge < -0.3 is 20.4 Å². The van der Waals surface area contributed by atoms with Gasteiger partial charge in [0.15, 0.2) is 5.60 Å². The van der Waals surface area contributed by atoms with E-state index in [0.29, 0.717) is 6.54 Å². The molecule has 0 aromatic heterocycles. The average Bonchev–Trinajstić information content (AvgIpc) is 2.11. The van der Waals surface area contributed by atoms with Gasteiger partial charge >= 0.3 is 5.97 Å². The summed E-state index contributed by atoms with van der Waals surface area (Å²) in [5.41, 5.74) is -1.79. The lowest BCUT2D eigenvalue weighted by molar-refractivity contribution is -0.156. The molecule has 0 aliphatic heterocycles. The molecule has 0 saturated heterocycles. The number of carbonyl (C=O) groups is 2. The van der Waals surface area contributed by atoms with Crippen molar-refractivity contribution in [3.8, 4) is 0 Å². The largest absolute Gasteiger partial charge is 0.479 e. The Morgan fingerprint density at radius 3 is 2.33 bits per heavy atom. The lowest BCUT2D eigenvalue weighted by Crippen LogP contribution is -2.45. The molecule has 15 heavy (non-hydrogen) atoms. The molecule has 1 atom stereocenters. The van der Waals surface area contributed by atoms with Gasteiger partial charge in [-0.3, -0.25) is 4.79 Å². The maximum Gasteiger partial charge on any atom is 0.336 e. The Bertz CT molecular complexity index is 238. The van der Waals surface area contributed by atoms with Crippen molar-refractivity contribution < 1.29 is 19.8 Å². The molecule has 0 aliphatic carbocycles. The monoisotopic (exact) mass is 218 g/mol. The number of rotatable bonds is 6. The number of hydrogen-bond acceptors (Lipinski definition) is 4. The topological polar surface area (TPSA) is 89.9 Å². The summed E-state index contributed by atoms with van der Waals surface area (Å²) >= 11 is 0. The zero-order valence-corrected chi connectivity index (χ0v) is 9.28. The van der Waals surface area contributed by atoms with Crippen LogP contribution in [0, 0.1) is 0 Å². The van der Waals surface area contributed by atoms with E-state index in [-0.39, 0.29) is 18.9 Å². The van der Waals surface area contributed by atoms with Crippen LogP contribution in [0.5, 0.6) is 0 Å². The lowest BCUT2D eigenvalue weighted by Gasteiger charge is -2.18. The third-order valence-electron chi connectivity index (χ3n) is 1.94. The van der Waals surface area contributed by atoms with Gasteiger partial charge in [0.25, 0.3) is 0 Å². The zero-order valence-electron chi connectivity index (χ0n) is 9.28. The van der Waals surface area contributed by atoms with Gasteiger partial charge in [-0.15, -0.1) is 0 Å². The zero-order chi connectivity index (χ0) is 12.1. The van der Waals surface area contributed by atoms with Crippen LogP contribution in [0.3, 0.4) is 0 Å². The first-order valence-corrected chi connectivity index (χ1v) is 4.64. The number of nitrogens with zero attached hydrogens (tertiary/aromatic N) is 1. The van der Waals surface area contributed by atoms with Crippen LogP contribution >= 0.6 is 0 Å². The number of nitrogens with one attached hydrogen (secondary N) is 1. The highest BCUT2D eigenvalue weighted by Crippen LogP contribution is 2.00. The molecule has 1 amide bonds. The van der Waals surface area contributed by atoms with Crippen molar-refractivity contribution in [2.24, 2.45) is 0 Å². The minimum absolute atomic E-state index is 0.0440. The molecule has 0 aromatic carbocycles.